The number of quaternary nitrogens is 1. The number of hydrogen-bond donors (Lipinski definition) is 1. The second-order valence-corrected chi connectivity index (χ2v) is 2.96. The molecule has 0 aromatic carbocycles. The van der Waals surface area contributed by atoms with Crippen molar-refractivity contribution < 1.29 is 5.64 Å². The molecule has 5 heavy (non-hydrogen) atoms. The van der Waals surface area contributed by atoms with E-state index in [0.717, 1.165) is 0 Å². The van der Waals surface area contributed by atoms with Crippen molar-refractivity contribution >= 4 is 6.28 Å². The first-order valence-corrected chi connectivity index (χ1v) is 2.14. The highest BCUT2D eigenvalue weighted by Gasteiger charge is 2.00. The lowest BCUT2D eigenvalue weighted by atomic mass is 9.43. The summed E-state index contributed by atoms with van der Waals surface area (Å²) >= 11 is 0. The fourth-order valence-corrected chi connectivity index (χ4v) is 0. The van der Waals surface area contributed by atoms with Crippen molar-refractivity contribution in [2.75, 3.05) is 0 Å². The van der Waals surface area contributed by atoms with Crippen LogP contribution in [0, 0.1) is 0 Å². The van der Waals surface area contributed by atoms with Crippen LogP contribution in [0.1, 0.15) is 0 Å². The van der Waals surface area contributed by atoms with E-state index in [2.05, 4.69) is 26.1 Å². The van der Waals surface area contributed by atoms with Gasteiger partial charge in [0.25, 0.3) is 0 Å². The molecular weight excluding hydrogens is 60.9 g/mol. The molecule has 0 saturated heterocycles. The first kappa shape index (κ1) is 5.02. The third-order valence-electron chi connectivity index (χ3n) is 0. The predicted molar refractivity (Wildman–Crippen MR) is 26.2 cm³/mol. The van der Waals surface area contributed by atoms with E-state index in [1.165, 1.54) is 0 Å². The minimum Gasteiger partial charge on any atom is -0.548 e. The van der Waals surface area contributed by atoms with Crippen LogP contribution in [0.5, 0.6) is 0 Å². The van der Waals surface area contributed by atoms with Gasteiger partial charge in [0.15, 0.2) is 6.28 Å². The highest BCUT2D eigenvalue weighted by atomic mass is 14.4. The summed E-state index contributed by atoms with van der Waals surface area (Å²) in [7, 11) is 0. The fraction of sp³-hybridized carbons (Fsp3) is 1.00. The van der Waals surface area contributed by atoms with Crippen LogP contribution < -0.4 is 5.64 Å². The SMILES string of the molecule is C[B-](C)(C)[NH3+]. The number of rotatable bonds is 0. The van der Waals surface area contributed by atoms with Crippen molar-refractivity contribution in [3.63, 3.8) is 0 Å². The molecule has 0 fully saturated rings. The van der Waals surface area contributed by atoms with Gasteiger partial charge in [-0.3, -0.25) is 0 Å². The van der Waals surface area contributed by atoms with Crippen LogP contribution in [-0.4, -0.2) is 6.28 Å². The Morgan fingerprint density at radius 3 is 1.20 bits per heavy atom. The van der Waals surface area contributed by atoms with E-state index in [9.17, 15) is 0 Å². The lowest BCUT2D eigenvalue weighted by Gasteiger charge is -2.04. The maximum atomic E-state index is 3.83. The predicted octanol–water partition coefficient (Wildman–Crippen LogP) is 0.0632. The Labute approximate surface area is 33.5 Å². The monoisotopic (exact) mass is 73.1 g/mol. The normalized spacial score (nSPS) is 12.0. The molecule has 0 saturated carbocycles. The average Bonchev–Trinajstić information content (AvgIpc) is 0.722. The second kappa shape index (κ2) is 1.01. The van der Waals surface area contributed by atoms with Crippen molar-refractivity contribution in [3.8, 4) is 0 Å². The van der Waals surface area contributed by atoms with Crippen molar-refractivity contribution in [1.29, 1.82) is 0 Å². The molecule has 32 valence electrons. The molecule has 0 amide bonds. The summed E-state index contributed by atoms with van der Waals surface area (Å²) in [4.78, 5) is 0. The van der Waals surface area contributed by atoms with Crippen LogP contribution in [0.15, 0.2) is 0 Å². The zero-order valence-electron chi connectivity index (χ0n) is 4.28. The van der Waals surface area contributed by atoms with E-state index < -0.39 is 0 Å². The molecule has 0 aliphatic rings. The largest absolute Gasteiger partial charge is 0.548 e. The molecule has 0 unspecified atom stereocenters. The Balaban J connectivity index is 3.02. The quantitative estimate of drug-likeness (QED) is 0.393. The second-order valence-electron chi connectivity index (χ2n) is 2.96. The fourth-order valence-electron chi connectivity index (χ4n) is 0. The summed E-state index contributed by atoms with van der Waals surface area (Å²) in [5.41, 5.74) is 3.83. The molecule has 0 bridgehead atoms. The summed E-state index contributed by atoms with van der Waals surface area (Å²) < 4.78 is 0. The Morgan fingerprint density at radius 1 is 1.20 bits per heavy atom. The maximum Gasteiger partial charge on any atom is 0.196 e. The molecule has 0 aromatic heterocycles. The molecule has 0 spiro atoms. The van der Waals surface area contributed by atoms with E-state index in [1.807, 2.05) is 0 Å². The van der Waals surface area contributed by atoms with E-state index in [-0.39, 0.29) is 6.28 Å². The third-order valence-corrected chi connectivity index (χ3v) is 0. The summed E-state index contributed by atoms with van der Waals surface area (Å²) in [6.07, 6.45) is -0.250. The van der Waals surface area contributed by atoms with Gasteiger partial charge in [-0.15, -0.1) is 20.5 Å². The first-order chi connectivity index (χ1) is 2.00. The van der Waals surface area contributed by atoms with E-state index in [1.54, 1.807) is 0 Å². The topological polar surface area (TPSA) is 27.6 Å². The Morgan fingerprint density at radius 2 is 1.20 bits per heavy atom. The first-order valence-electron chi connectivity index (χ1n) is 2.14. The molecule has 2 heteroatoms. The Hall–Kier alpha value is 0.0249. The minimum atomic E-state index is -0.250. The van der Waals surface area contributed by atoms with Crippen molar-refractivity contribution in [1.82, 2.24) is 0 Å². The van der Waals surface area contributed by atoms with Crippen molar-refractivity contribution in [2.24, 2.45) is 0 Å². The number of hydrogen-bond acceptors (Lipinski definition) is 0. The van der Waals surface area contributed by atoms with Crippen LogP contribution in [0.25, 0.3) is 0 Å². The molecule has 0 heterocycles. The molecule has 0 aliphatic heterocycles. The molecule has 3 N–H and O–H groups in total. The summed E-state index contributed by atoms with van der Waals surface area (Å²) in [6, 6.07) is 0. The van der Waals surface area contributed by atoms with Crippen LogP contribution in [0.2, 0.25) is 20.5 Å². The van der Waals surface area contributed by atoms with Crippen LogP contribution >= 0.6 is 0 Å². The highest BCUT2D eigenvalue weighted by molar-refractivity contribution is 6.66. The minimum absolute atomic E-state index is 0.250. The molecule has 0 rings (SSSR count). The molecule has 1 nitrogen and oxygen atoms in total. The lowest BCUT2D eigenvalue weighted by molar-refractivity contribution is -0.203. The lowest BCUT2D eigenvalue weighted by Crippen LogP contribution is -2.71. The summed E-state index contributed by atoms with van der Waals surface area (Å²) in [5.74, 6) is 0. The Kier molecular flexibility index (Phi) is 1.02. The van der Waals surface area contributed by atoms with Crippen LogP contribution in [-0.2, 0) is 0 Å². The highest BCUT2D eigenvalue weighted by Crippen LogP contribution is 1.79. The van der Waals surface area contributed by atoms with Gasteiger partial charge in [-0.05, 0) is 0 Å². The zero-order valence-corrected chi connectivity index (χ0v) is 4.28. The van der Waals surface area contributed by atoms with Gasteiger partial charge < -0.3 is 5.64 Å². The van der Waals surface area contributed by atoms with Gasteiger partial charge in [-0.2, -0.15) is 0 Å². The molecule has 0 aromatic rings. The van der Waals surface area contributed by atoms with Gasteiger partial charge in [0.05, 0.1) is 0 Å². The molecule has 0 atom stereocenters. The Bertz CT molecular complexity index is 22.4. The van der Waals surface area contributed by atoms with Gasteiger partial charge in [-0.25, -0.2) is 0 Å². The molecule has 0 radical (unpaired) electrons. The van der Waals surface area contributed by atoms with Crippen LogP contribution in [0.4, 0.5) is 0 Å². The average molecular weight is 72.9 g/mol. The van der Waals surface area contributed by atoms with E-state index in [4.69, 9.17) is 0 Å². The van der Waals surface area contributed by atoms with Crippen LogP contribution in [0.3, 0.4) is 0 Å². The summed E-state index contributed by atoms with van der Waals surface area (Å²) in [5, 5.41) is 0. The van der Waals surface area contributed by atoms with E-state index >= 15 is 0 Å². The smallest absolute Gasteiger partial charge is 0.196 e. The van der Waals surface area contributed by atoms with Gasteiger partial charge in [0, 0.05) is 0 Å². The maximum absolute atomic E-state index is 3.83. The van der Waals surface area contributed by atoms with Crippen molar-refractivity contribution in [3.05, 3.63) is 0 Å². The molecule has 0 aliphatic carbocycles. The van der Waals surface area contributed by atoms with Gasteiger partial charge in [0.1, 0.15) is 0 Å². The third kappa shape index (κ3) is 26500. The van der Waals surface area contributed by atoms with Crippen molar-refractivity contribution in [2.45, 2.75) is 20.5 Å². The zero-order chi connectivity index (χ0) is 4.50. The van der Waals surface area contributed by atoms with Gasteiger partial charge in [-0.1, -0.05) is 0 Å². The summed E-state index contributed by atoms with van der Waals surface area (Å²) in [6.45, 7) is 6.42. The standard InChI is InChI=1S/C3H12BN/c1-4(2,3)5/h1-3,5H3. The molecular formula is C3H12BN. The van der Waals surface area contributed by atoms with Gasteiger partial charge in [0.2, 0.25) is 0 Å². The van der Waals surface area contributed by atoms with E-state index in [0.29, 0.717) is 0 Å². The van der Waals surface area contributed by atoms with Gasteiger partial charge >= 0.3 is 0 Å².